The lowest BCUT2D eigenvalue weighted by molar-refractivity contribution is -0.121. The Kier molecular flexibility index (Phi) is 8.05. The molecule has 1 amide bonds. The summed E-state index contributed by atoms with van der Waals surface area (Å²) in [5.74, 6) is 0.424. The number of hydrogen-bond donors (Lipinski definition) is 1. The standard InChI is InChI=1S/C16H26N2O4S/c1-4-5-6-11-17-16(19)13-18(23(3,20)21)12-14-7-9-15(22-2)10-8-14/h7-10H,4-6,11-13H2,1-3H3,(H,17,19). The van der Waals surface area contributed by atoms with Crippen molar-refractivity contribution in [2.75, 3.05) is 26.5 Å². The zero-order chi connectivity index (χ0) is 17.3. The average Bonchev–Trinajstić information content (AvgIpc) is 2.51. The van der Waals surface area contributed by atoms with Crippen LogP contribution < -0.4 is 10.1 Å². The Morgan fingerprint density at radius 2 is 1.87 bits per heavy atom. The number of carbonyl (C=O) groups is 1. The van der Waals surface area contributed by atoms with Gasteiger partial charge in [-0.1, -0.05) is 31.9 Å². The highest BCUT2D eigenvalue weighted by molar-refractivity contribution is 7.88. The fraction of sp³-hybridized carbons (Fsp3) is 0.562. The van der Waals surface area contributed by atoms with Gasteiger partial charge in [0, 0.05) is 13.1 Å². The minimum atomic E-state index is -3.47. The highest BCUT2D eigenvalue weighted by atomic mass is 32.2. The molecule has 23 heavy (non-hydrogen) atoms. The average molecular weight is 342 g/mol. The lowest BCUT2D eigenvalue weighted by atomic mass is 10.2. The van der Waals surface area contributed by atoms with Crippen molar-refractivity contribution in [3.05, 3.63) is 29.8 Å². The molecule has 0 spiro atoms. The third-order valence-corrected chi connectivity index (χ3v) is 4.61. The minimum Gasteiger partial charge on any atom is -0.497 e. The molecular weight excluding hydrogens is 316 g/mol. The molecule has 0 saturated heterocycles. The van der Waals surface area contributed by atoms with Crippen LogP contribution in [-0.4, -0.2) is 45.1 Å². The molecule has 7 heteroatoms. The molecule has 0 atom stereocenters. The van der Waals surface area contributed by atoms with Gasteiger partial charge >= 0.3 is 0 Å². The van der Waals surface area contributed by atoms with E-state index in [2.05, 4.69) is 12.2 Å². The van der Waals surface area contributed by atoms with Gasteiger partial charge in [-0.05, 0) is 24.1 Å². The number of carbonyl (C=O) groups excluding carboxylic acids is 1. The number of unbranched alkanes of at least 4 members (excludes halogenated alkanes) is 2. The van der Waals surface area contributed by atoms with Gasteiger partial charge in [0.1, 0.15) is 5.75 Å². The van der Waals surface area contributed by atoms with Crippen molar-refractivity contribution < 1.29 is 17.9 Å². The summed E-state index contributed by atoms with van der Waals surface area (Å²) < 4.78 is 30.0. The Bertz CT molecular complexity index is 585. The first-order valence-corrected chi connectivity index (χ1v) is 9.56. The van der Waals surface area contributed by atoms with Gasteiger partial charge in [-0.15, -0.1) is 0 Å². The molecule has 0 aliphatic carbocycles. The van der Waals surface area contributed by atoms with Crippen LogP contribution in [0, 0.1) is 0 Å². The van der Waals surface area contributed by atoms with Gasteiger partial charge in [-0.2, -0.15) is 4.31 Å². The van der Waals surface area contributed by atoms with E-state index in [0.29, 0.717) is 12.3 Å². The monoisotopic (exact) mass is 342 g/mol. The predicted molar refractivity (Wildman–Crippen MR) is 90.8 cm³/mol. The van der Waals surface area contributed by atoms with Crippen molar-refractivity contribution in [1.82, 2.24) is 9.62 Å². The summed E-state index contributed by atoms with van der Waals surface area (Å²) in [7, 11) is -1.90. The van der Waals surface area contributed by atoms with E-state index in [1.54, 1.807) is 31.4 Å². The van der Waals surface area contributed by atoms with E-state index in [9.17, 15) is 13.2 Å². The van der Waals surface area contributed by atoms with Crippen LogP contribution in [0.2, 0.25) is 0 Å². The van der Waals surface area contributed by atoms with Crippen LogP contribution in [0.3, 0.4) is 0 Å². The Morgan fingerprint density at radius 3 is 2.39 bits per heavy atom. The number of ether oxygens (including phenoxy) is 1. The molecule has 130 valence electrons. The first-order valence-electron chi connectivity index (χ1n) is 7.71. The molecule has 0 aromatic heterocycles. The Morgan fingerprint density at radius 1 is 1.22 bits per heavy atom. The molecule has 0 fully saturated rings. The van der Waals surface area contributed by atoms with E-state index in [-0.39, 0.29) is 19.0 Å². The first-order chi connectivity index (χ1) is 10.9. The summed E-state index contributed by atoms with van der Waals surface area (Å²) in [6.07, 6.45) is 4.13. The van der Waals surface area contributed by atoms with E-state index in [4.69, 9.17) is 4.74 Å². The highest BCUT2D eigenvalue weighted by Gasteiger charge is 2.20. The SMILES string of the molecule is CCCCCNC(=O)CN(Cc1ccc(OC)cc1)S(C)(=O)=O. The predicted octanol–water partition coefficient (Wildman–Crippen LogP) is 1.76. The smallest absolute Gasteiger partial charge is 0.235 e. The Hall–Kier alpha value is -1.60. The van der Waals surface area contributed by atoms with Crippen LogP contribution in [0.25, 0.3) is 0 Å². The second kappa shape index (κ2) is 9.52. The summed E-state index contributed by atoms with van der Waals surface area (Å²) in [5, 5.41) is 2.76. The first kappa shape index (κ1) is 19.4. The molecule has 0 aliphatic heterocycles. The topological polar surface area (TPSA) is 75.7 Å². The lowest BCUT2D eigenvalue weighted by Gasteiger charge is -2.19. The van der Waals surface area contributed by atoms with Crippen molar-refractivity contribution in [2.45, 2.75) is 32.7 Å². The van der Waals surface area contributed by atoms with E-state index in [1.807, 2.05) is 0 Å². The summed E-state index contributed by atoms with van der Waals surface area (Å²) in [6.45, 7) is 2.65. The molecule has 1 N–H and O–H groups in total. The van der Waals surface area contributed by atoms with Gasteiger partial charge in [0.05, 0.1) is 19.9 Å². The molecular formula is C16H26N2O4S. The maximum atomic E-state index is 11.9. The van der Waals surface area contributed by atoms with Gasteiger partial charge in [-0.3, -0.25) is 4.79 Å². The molecule has 6 nitrogen and oxygen atoms in total. The van der Waals surface area contributed by atoms with Crippen molar-refractivity contribution >= 4 is 15.9 Å². The Balaban J connectivity index is 2.64. The number of amides is 1. The van der Waals surface area contributed by atoms with Gasteiger partial charge < -0.3 is 10.1 Å². The van der Waals surface area contributed by atoms with E-state index < -0.39 is 10.0 Å². The molecule has 0 radical (unpaired) electrons. The largest absolute Gasteiger partial charge is 0.497 e. The molecule has 1 aromatic carbocycles. The molecule has 0 aliphatic rings. The zero-order valence-electron chi connectivity index (χ0n) is 14.0. The zero-order valence-corrected chi connectivity index (χ0v) is 14.9. The summed E-state index contributed by atoms with van der Waals surface area (Å²) in [5.41, 5.74) is 0.801. The molecule has 0 bridgehead atoms. The molecule has 0 unspecified atom stereocenters. The summed E-state index contributed by atoms with van der Waals surface area (Å²) >= 11 is 0. The van der Waals surface area contributed by atoms with Crippen LogP contribution in [0.4, 0.5) is 0 Å². The lowest BCUT2D eigenvalue weighted by Crippen LogP contribution is -2.40. The van der Waals surface area contributed by atoms with Crippen LogP contribution in [0.5, 0.6) is 5.75 Å². The van der Waals surface area contributed by atoms with Crippen molar-refractivity contribution in [2.24, 2.45) is 0 Å². The normalized spacial score (nSPS) is 11.5. The van der Waals surface area contributed by atoms with Crippen LogP contribution in [-0.2, 0) is 21.4 Å². The fourth-order valence-electron chi connectivity index (χ4n) is 2.04. The number of nitrogens with one attached hydrogen (secondary N) is 1. The van der Waals surface area contributed by atoms with E-state index in [0.717, 1.165) is 31.1 Å². The summed E-state index contributed by atoms with van der Waals surface area (Å²) in [4.78, 5) is 11.9. The minimum absolute atomic E-state index is 0.158. The van der Waals surface area contributed by atoms with Crippen molar-refractivity contribution in [3.63, 3.8) is 0 Å². The van der Waals surface area contributed by atoms with Gasteiger partial charge in [0.15, 0.2) is 0 Å². The molecule has 0 saturated carbocycles. The second-order valence-corrected chi connectivity index (χ2v) is 7.42. The number of methoxy groups -OCH3 is 1. The van der Waals surface area contributed by atoms with Crippen LogP contribution >= 0.6 is 0 Å². The number of sulfonamides is 1. The van der Waals surface area contributed by atoms with Crippen molar-refractivity contribution in [3.8, 4) is 5.75 Å². The fourth-order valence-corrected chi connectivity index (χ4v) is 2.78. The Labute approximate surface area is 138 Å². The van der Waals surface area contributed by atoms with Crippen molar-refractivity contribution in [1.29, 1.82) is 0 Å². The number of nitrogens with zero attached hydrogens (tertiary/aromatic N) is 1. The number of hydrogen-bond acceptors (Lipinski definition) is 4. The van der Waals surface area contributed by atoms with Gasteiger partial charge in [-0.25, -0.2) is 8.42 Å². The van der Waals surface area contributed by atoms with Crippen LogP contribution in [0.1, 0.15) is 31.7 Å². The van der Waals surface area contributed by atoms with Crippen LogP contribution in [0.15, 0.2) is 24.3 Å². The number of rotatable bonds is 10. The molecule has 0 heterocycles. The van der Waals surface area contributed by atoms with Gasteiger partial charge in [0.2, 0.25) is 15.9 Å². The van der Waals surface area contributed by atoms with Gasteiger partial charge in [0.25, 0.3) is 0 Å². The van der Waals surface area contributed by atoms with E-state index in [1.165, 1.54) is 4.31 Å². The molecule has 1 aromatic rings. The molecule has 1 rings (SSSR count). The maximum Gasteiger partial charge on any atom is 0.235 e. The summed E-state index contributed by atoms with van der Waals surface area (Å²) in [6, 6.07) is 7.10. The third kappa shape index (κ3) is 7.47. The number of benzene rings is 1. The highest BCUT2D eigenvalue weighted by Crippen LogP contribution is 2.14. The quantitative estimate of drug-likeness (QED) is 0.658. The van der Waals surface area contributed by atoms with E-state index >= 15 is 0 Å². The second-order valence-electron chi connectivity index (χ2n) is 5.44. The maximum absolute atomic E-state index is 11.9. The third-order valence-electron chi connectivity index (χ3n) is 3.41.